The molecule has 2 aromatic carbocycles. The van der Waals surface area contributed by atoms with Gasteiger partial charge in [-0.25, -0.2) is 4.79 Å². The summed E-state index contributed by atoms with van der Waals surface area (Å²) in [5, 5.41) is 0. The molecule has 0 aliphatic carbocycles. The van der Waals surface area contributed by atoms with Crippen molar-refractivity contribution in [3.05, 3.63) is 83.4 Å². The average molecular weight is 541 g/mol. The summed E-state index contributed by atoms with van der Waals surface area (Å²) in [4.78, 5) is 43.0. The number of nitrogens with zero attached hydrogens (tertiary/aromatic N) is 2. The number of likely N-dealkylation sites (tertiary alicyclic amines) is 2. The SMILES string of the molecule is C#CC(/C=C/C)OC(=O)c1ccccc1C(=O)N1CCC2(CCN(C(=O)/C=C/c3ccccc3OCC)CC2)C1. The minimum atomic E-state index is -0.794. The predicted octanol–water partition coefficient (Wildman–Crippen LogP) is 4.99. The minimum absolute atomic E-state index is 0.0253. The molecule has 208 valence electrons. The summed E-state index contributed by atoms with van der Waals surface area (Å²) in [6.07, 6.45) is 13.9. The maximum atomic E-state index is 13.5. The number of ether oxygens (including phenoxy) is 2. The lowest BCUT2D eigenvalue weighted by Gasteiger charge is -2.39. The van der Waals surface area contributed by atoms with E-state index in [1.807, 2.05) is 41.0 Å². The molecule has 2 fully saturated rings. The molecule has 0 aromatic heterocycles. The molecule has 2 aromatic rings. The summed E-state index contributed by atoms with van der Waals surface area (Å²) in [6, 6.07) is 14.3. The van der Waals surface area contributed by atoms with Gasteiger partial charge in [-0.3, -0.25) is 9.59 Å². The molecule has 1 unspecified atom stereocenters. The zero-order chi connectivity index (χ0) is 28.5. The molecule has 1 spiro atoms. The van der Waals surface area contributed by atoms with Crippen molar-refractivity contribution in [1.82, 2.24) is 9.80 Å². The highest BCUT2D eigenvalue weighted by Crippen LogP contribution is 2.41. The fraction of sp³-hybridized carbons (Fsp3) is 0.364. The summed E-state index contributed by atoms with van der Waals surface area (Å²) in [5.74, 6) is 2.33. The van der Waals surface area contributed by atoms with Crippen molar-refractivity contribution in [3.8, 4) is 18.1 Å². The van der Waals surface area contributed by atoms with Crippen molar-refractivity contribution >= 4 is 23.9 Å². The van der Waals surface area contributed by atoms with Gasteiger partial charge in [0.1, 0.15) is 5.75 Å². The molecule has 1 atom stereocenters. The largest absolute Gasteiger partial charge is 0.493 e. The number of allylic oxidation sites excluding steroid dienone is 1. The van der Waals surface area contributed by atoms with E-state index in [1.165, 1.54) is 0 Å². The van der Waals surface area contributed by atoms with Gasteiger partial charge in [0.2, 0.25) is 5.91 Å². The van der Waals surface area contributed by atoms with Crippen LogP contribution in [-0.4, -0.2) is 66.5 Å². The normalized spacial score (nSPS) is 17.2. The lowest BCUT2D eigenvalue weighted by Crippen LogP contribution is -2.44. The highest BCUT2D eigenvalue weighted by atomic mass is 16.5. The van der Waals surface area contributed by atoms with Crippen LogP contribution in [0.4, 0.5) is 0 Å². The van der Waals surface area contributed by atoms with Crippen molar-refractivity contribution in [2.75, 3.05) is 32.8 Å². The van der Waals surface area contributed by atoms with Crippen LogP contribution in [0.1, 0.15) is 59.4 Å². The van der Waals surface area contributed by atoms with Crippen LogP contribution in [0.5, 0.6) is 5.75 Å². The second kappa shape index (κ2) is 13.2. The zero-order valence-electron chi connectivity index (χ0n) is 23.2. The van der Waals surface area contributed by atoms with Crippen molar-refractivity contribution in [2.45, 2.75) is 39.2 Å². The van der Waals surface area contributed by atoms with Crippen LogP contribution in [0.2, 0.25) is 0 Å². The number of amides is 2. The molecule has 0 bridgehead atoms. The number of hydrogen-bond acceptors (Lipinski definition) is 5. The number of terminal acetylenes is 1. The zero-order valence-corrected chi connectivity index (χ0v) is 23.2. The first kappa shape index (κ1) is 28.7. The number of hydrogen-bond donors (Lipinski definition) is 0. The van der Waals surface area contributed by atoms with Crippen LogP contribution in [0.15, 0.2) is 66.8 Å². The maximum Gasteiger partial charge on any atom is 0.340 e. The molecule has 7 nitrogen and oxygen atoms in total. The summed E-state index contributed by atoms with van der Waals surface area (Å²) in [5.41, 5.74) is 1.35. The monoisotopic (exact) mass is 540 g/mol. The topological polar surface area (TPSA) is 76.2 Å². The second-order valence-corrected chi connectivity index (χ2v) is 10.2. The lowest BCUT2D eigenvalue weighted by molar-refractivity contribution is -0.128. The van der Waals surface area contributed by atoms with Gasteiger partial charge in [0, 0.05) is 37.8 Å². The average Bonchev–Trinajstić information content (AvgIpc) is 3.39. The van der Waals surface area contributed by atoms with Crippen molar-refractivity contribution in [1.29, 1.82) is 0 Å². The fourth-order valence-electron chi connectivity index (χ4n) is 5.39. The second-order valence-electron chi connectivity index (χ2n) is 10.2. The Labute approximate surface area is 236 Å². The summed E-state index contributed by atoms with van der Waals surface area (Å²) >= 11 is 0. The number of carbonyl (C=O) groups is 3. The van der Waals surface area contributed by atoms with E-state index in [-0.39, 0.29) is 22.8 Å². The van der Waals surface area contributed by atoms with E-state index in [9.17, 15) is 14.4 Å². The third-order valence-corrected chi connectivity index (χ3v) is 7.63. The van der Waals surface area contributed by atoms with Crippen molar-refractivity contribution < 1.29 is 23.9 Å². The molecule has 7 heteroatoms. The Morgan fingerprint density at radius 1 is 1.00 bits per heavy atom. The molecular weight excluding hydrogens is 504 g/mol. The van der Waals surface area contributed by atoms with E-state index in [4.69, 9.17) is 15.9 Å². The van der Waals surface area contributed by atoms with Gasteiger partial charge in [0.15, 0.2) is 6.10 Å². The van der Waals surface area contributed by atoms with Gasteiger partial charge in [-0.15, -0.1) is 6.42 Å². The number of esters is 1. The smallest absolute Gasteiger partial charge is 0.340 e. The van der Waals surface area contributed by atoms with Gasteiger partial charge in [0.25, 0.3) is 5.91 Å². The summed E-state index contributed by atoms with van der Waals surface area (Å²) in [7, 11) is 0. The fourth-order valence-corrected chi connectivity index (χ4v) is 5.39. The molecule has 4 rings (SSSR count). The Kier molecular flexibility index (Phi) is 9.44. The first-order chi connectivity index (χ1) is 19.4. The van der Waals surface area contributed by atoms with E-state index in [1.54, 1.807) is 55.5 Å². The standard InChI is InChI=1S/C33H36N2O5/c1-4-11-26(5-2)40-32(38)28-14-9-8-13-27(28)31(37)35-23-20-33(24-35)18-21-34(22-19-33)30(36)17-16-25-12-7-10-15-29(25)39-6-3/h2,4,7-17,26H,6,18-24H2,1,3H3/b11-4+,17-16+. The Hall–Kier alpha value is -4.31. The Bertz CT molecular complexity index is 1330. The van der Waals surface area contributed by atoms with Gasteiger partial charge in [-0.2, -0.15) is 0 Å². The first-order valence-corrected chi connectivity index (χ1v) is 13.8. The molecule has 40 heavy (non-hydrogen) atoms. The van der Waals surface area contributed by atoms with Crippen molar-refractivity contribution in [3.63, 3.8) is 0 Å². The van der Waals surface area contributed by atoms with Gasteiger partial charge < -0.3 is 19.3 Å². The Morgan fingerprint density at radius 3 is 2.33 bits per heavy atom. The molecule has 2 aliphatic heterocycles. The lowest BCUT2D eigenvalue weighted by atomic mass is 9.77. The molecule has 2 amide bonds. The van der Waals surface area contributed by atoms with Gasteiger partial charge in [0.05, 0.1) is 17.7 Å². The van der Waals surface area contributed by atoms with Crippen LogP contribution in [-0.2, 0) is 9.53 Å². The molecule has 2 heterocycles. The quantitative estimate of drug-likeness (QED) is 0.204. The number of piperidine rings is 1. The highest BCUT2D eigenvalue weighted by molar-refractivity contribution is 6.05. The number of rotatable bonds is 8. The molecule has 0 saturated carbocycles. The van der Waals surface area contributed by atoms with E-state index >= 15 is 0 Å². The first-order valence-electron chi connectivity index (χ1n) is 13.8. The predicted molar refractivity (Wildman–Crippen MR) is 155 cm³/mol. The van der Waals surface area contributed by atoms with Gasteiger partial charge in [-0.05, 0) is 68.9 Å². The number of benzene rings is 2. The van der Waals surface area contributed by atoms with E-state index in [0.717, 1.165) is 30.6 Å². The van der Waals surface area contributed by atoms with Gasteiger partial charge >= 0.3 is 5.97 Å². The third-order valence-electron chi connectivity index (χ3n) is 7.63. The van der Waals surface area contributed by atoms with E-state index in [2.05, 4.69) is 5.92 Å². The maximum absolute atomic E-state index is 13.5. The molecular formula is C33H36N2O5. The van der Waals surface area contributed by atoms with Crippen molar-refractivity contribution in [2.24, 2.45) is 5.41 Å². The van der Waals surface area contributed by atoms with Crippen LogP contribution < -0.4 is 4.74 Å². The Morgan fingerprint density at radius 2 is 1.65 bits per heavy atom. The Balaban J connectivity index is 1.36. The summed E-state index contributed by atoms with van der Waals surface area (Å²) < 4.78 is 11.1. The third kappa shape index (κ3) is 6.63. The van der Waals surface area contributed by atoms with Crippen LogP contribution in [0.25, 0.3) is 6.08 Å². The van der Waals surface area contributed by atoms with E-state index < -0.39 is 12.1 Å². The minimum Gasteiger partial charge on any atom is -0.493 e. The number of carbonyl (C=O) groups excluding carboxylic acids is 3. The number of para-hydroxylation sites is 1. The molecule has 2 saturated heterocycles. The van der Waals surface area contributed by atoms with Crippen LogP contribution >= 0.6 is 0 Å². The molecule has 0 radical (unpaired) electrons. The van der Waals surface area contributed by atoms with Gasteiger partial charge in [-0.1, -0.05) is 42.3 Å². The molecule has 2 aliphatic rings. The van der Waals surface area contributed by atoms with Crippen LogP contribution in [0, 0.1) is 17.8 Å². The van der Waals surface area contributed by atoms with E-state index in [0.29, 0.717) is 38.3 Å². The molecule has 0 N–H and O–H groups in total. The summed E-state index contributed by atoms with van der Waals surface area (Å²) in [6.45, 7) is 6.76. The van der Waals surface area contributed by atoms with Crippen LogP contribution in [0.3, 0.4) is 0 Å². The highest BCUT2D eigenvalue weighted by Gasteiger charge is 2.43.